The standard InChI is InChI=1S/C40H59NO11.C2H6/c1-19-11-24-5-7-28-20(2)12-26(45-28)9-10-40-17-33-36(51-40)37-38(50-33)39(52-40)35-29(49-37)8-6-25(47-35)13-22(42)14-27-31(16-30(46-24)21(19)3)48-32(34(27)44-4)15-23(43)18-41;1-2/h19,23-39,43H,2-3,5-18,41H2,1,4H3;1-2H3/t19-,23+,24+,25-,26+,27+,28+,29+,30-,31+,32-,33-,34-,35+,36+,37+,38+,39+,40+;/m1./s1. The summed E-state index contributed by atoms with van der Waals surface area (Å²) in [4.78, 5) is 14.1. The number of hydrogen-bond acceptors (Lipinski definition) is 12. The van der Waals surface area contributed by atoms with Crippen LogP contribution in [0.25, 0.3) is 0 Å². The summed E-state index contributed by atoms with van der Waals surface area (Å²) in [7, 11) is 1.66. The Kier molecular flexibility index (Phi) is 11.8. The SMILES string of the molecule is C=C1C[C@@H]2CC[C@@]34C[C@H]5O[C@@H]6[C@@H](O3)[C@H]3O[C@H](CC[C@@H]3O[C@H]6[C@H]5O4)CC(=O)C[C@@H]3[C@@H](OC)[C@@H](C[C@H](O)CN)O[C@H]3C[C@H]3O[C@@H](CC[C@@H]1O2)C[C@@H](C)C3=C.CC. The number of rotatable bonds is 4. The van der Waals surface area contributed by atoms with Crippen molar-refractivity contribution in [3.63, 3.8) is 0 Å². The van der Waals surface area contributed by atoms with Crippen molar-refractivity contribution in [3.8, 4) is 0 Å². The highest BCUT2D eigenvalue weighted by Gasteiger charge is 2.68. The van der Waals surface area contributed by atoms with Crippen LogP contribution in [0, 0.1) is 11.8 Å². The van der Waals surface area contributed by atoms with Gasteiger partial charge in [0.25, 0.3) is 0 Å². The Hall–Kier alpha value is -1.29. The zero-order valence-electron chi connectivity index (χ0n) is 32.8. The minimum atomic E-state index is -0.780. The van der Waals surface area contributed by atoms with Gasteiger partial charge in [-0.2, -0.15) is 0 Å². The molecule has 3 N–H and O–H groups in total. The molecular formula is C42H65NO11. The lowest BCUT2D eigenvalue weighted by Gasteiger charge is -2.47. The Morgan fingerprint density at radius 3 is 2.31 bits per heavy atom. The predicted molar refractivity (Wildman–Crippen MR) is 198 cm³/mol. The van der Waals surface area contributed by atoms with Gasteiger partial charge < -0.3 is 53.5 Å². The molecule has 0 radical (unpaired) electrons. The molecule has 0 amide bonds. The molecule has 10 saturated heterocycles. The lowest BCUT2D eigenvalue weighted by molar-refractivity contribution is -0.292. The molecule has 10 rings (SSSR count). The van der Waals surface area contributed by atoms with Crippen LogP contribution < -0.4 is 5.73 Å². The first-order valence-electron chi connectivity index (χ1n) is 21.2. The molecule has 12 heteroatoms. The van der Waals surface area contributed by atoms with Crippen molar-refractivity contribution in [1.82, 2.24) is 0 Å². The van der Waals surface area contributed by atoms with Crippen molar-refractivity contribution in [2.75, 3.05) is 13.7 Å². The Balaban J connectivity index is 0.00000203. The number of nitrogens with two attached hydrogens (primary N) is 1. The van der Waals surface area contributed by atoms with Gasteiger partial charge in [-0.05, 0) is 62.0 Å². The second-order valence-corrected chi connectivity index (χ2v) is 17.4. The van der Waals surface area contributed by atoms with Crippen LogP contribution in [0.1, 0.15) is 104 Å². The van der Waals surface area contributed by atoms with E-state index in [0.717, 1.165) is 56.1 Å². The first kappa shape index (κ1) is 39.5. The van der Waals surface area contributed by atoms with E-state index in [4.69, 9.17) is 48.4 Å². The third kappa shape index (κ3) is 7.45. The van der Waals surface area contributed by atoms with Gasteiger partial charge in [-0.25, -0.2) is 0 Å². The summed E-state index contributed by atoms with van der Waals surface area (Å²) in [6, 6.07) is 0. The Labute approximate surface area is 321 Å². The van der Waals surface area contributed by atoms with Gasteiger partial charge in [-0.15, -0.1) is 0 Å². The number of aliphatic hydroxyl groups is 1. The van der Waals surface area contributed by atoms with E-state index in [1.165, 1.54) is 0 Å². The van der Waals surface area contributed by atoms with Gasteiger partial charge in [-0.1, -0.05) is 33.9 Å². The van der Waals surface area contributed by atoms with E-state index >= 15 is 0 Å². The Morgan fingerprint density at radius 1 is 0.796 bits per heavy atom. The molecule has 0 aliphatic carbocycles. The summed E-state index contributed by atoms with van der Waals surface area (Å²) in [6.07, 6.45) is 4.85. The van der Waals surface area contributed by atoms with E-state index in [1.807, 2.05) is 13.8 Å². The average Bonchev–Trinajstić information content (AvgIpc) is 3.84. The summed E-state index contributed by atoms with van der Waals surface area (Å²) in [5.41, 5.74) is 8.01. The quantitative estimate of drug-likeness (QED) is 0.391. The van der Waals surface area contributed by atoms with Gasteiger partial charge in [-0.3, -0.25) is 4.79 Å². The maximum Gasteiger partial charge on any atom is 0.172 e. The van der Waals surface area contributed by atoms with Gasteiger partial charge >= 0.3 is 0 Å². The fourth-order valence-corrected chi connectivity index (χ4v) is 11.3. The molecule has 10 fully saturated rings. The van der Waals surface area contributed by atoms with Gasteiger partial charge in [0.15, 0.2) is 5.79 Å². The fraction of sp³-hybridized carbons (Fsp3) is 0.881. The number of ketones is 1. The van der Waals surface area contributed by atoms with Gasteiger partial charge in [0.2, 0.25) is 0 Å². The lowest BCUT2D eigenvalue weighted by Crippen LogP contribution is -2.61. The van der Waals surface area contributed by atoms with E-state index in [-0.39, 0.29) is 122 Å². The van der Waals surface area contributed by atoms with Crippen LogP contribution in [0.4, 0.5) is 0 Å². The maximum absolute atomic E-state index is 14.1. The van der Waals surface area contributed by atoms with Gasteiger partial charge in [0.05, 0.1) is 67.1 Å². The number of fused-ring (bicyclic) bond motifs is 6. The zero-order chi connectivity index (χ0) is 37.9. The highest BCUT2D eigenvalue weighted by atomic mass is 16.8. The van der Waals surface area contributed by atoms with Gasteiger partial charge in [0.1, 0.15) is 36.3 Å². The van der Waals surface area contributed by atoms with Crippen LogP contribution in [0.5, 0.6) is 0 Å². The second kappa shape index (κ2) is 16.2. The smallest absolute Gasteiger partial charge is 0.172 e. The molecule has 0 aromatic rings. The monoisotopic (exact) mass is 759 g/mol. The van der Waals surface area contributed by atoms with Crippen molar-refractivity contribution < 1.29 is 52.5 Å². The lowest BCUT2D eigenvalue weighted by atomic mass is 9.81. The van der Waals surface area contributed by atoms with Crippen molar-refractivity contribution in [3.05, 3.63) is 24.3 Å². The normalized spacial score (nSPS) is 50.6. The van der Waals surface area contributed by atoms with Crippen molar-refractivity contribution in [1.29, 1.82) is 0 Å². The van der Waals surface area contributed by atoms with E-state index < -0.39 is 18.0 Å². The van der Waals surface area contributed by atoms with Crippen LogP contribution >= 0.6 is 0 Å². The average molecular weight is 760 g/mol. The molecule has 19 atom stereocenters. The number of hydrogen-bond donors (Lipinski definition) is 2. The zero-order valence-corrected chi connectivity index (χ0v) is 32.8. The van der Waals surface area contributed by atoms with Crippen LogP contribution in [0.2, 0.25) is 0 Å². The van der Waals surface area contributed by atoms with Crippen LogP contribution in [0.15, 0.2) is 24.3 Å². The number of carbonyl (C=O) groups is 1. The molecule has 0 aromatic carbocycles. The first-order valence-corrected chi connectivity index (χ1v) is 21.2. The number of methoxy groups -OCH3 is 1. The molecule has 304 valence electrons. The molecule has 0 unspecified atom stereocenters. The highest BCUT2D eigenvalue weighted by Crippen LogP contribution is 2.54. The molecule has 10 heterocycles. The molecular weight excluding hydrogens is 694 g/mol. The first-order chi connectivity index (χ1) is 26.1. The topological polar surface area (TPSA) is 146 Å². The highest BCUT2D eigenvalue weighted by molar-refractivity contribution is 5.79. The van der Waals surface area contributed by atoms with Crippen molar-refractivity contribution in [2.45, 2.75) is 208 Å². The summed E-state index contributed by atoms with van der Waals surface area (Å²) >= 11 is 0. The van der Waals surface area contributed by atoms with Crippen molar-refractivity contribution >= 4 is 5.78 Å². The number of ether oxygens (including phenoxy) is 9. The molecule has 10 aliphatic heterocycles. The van der Waals surface area contributed by atoms with E-state index in [9.17, 15) is 9.90 Å². The molecule has 10 aliphatic rings. The van der Waals surface area contributed by atoms with Gasteiger partial charge in [0, 0.05) is 58.1 Å². The van der Waals surface area contributed by atoms with E-state index in [2.05, 4.69) is 20.1 Å². The van der Waals surface area contributed by atoms with Crippen molar-refractivity contribution in [2.24, 2.45) is 17.6 Å². The number of aliphatic hydroxyl groups excluding tert-OH is 1. The minimum Gasteiger partial charge on any atom is -0.392 e. The Bertz CT molecular complexity index is 1380. The van der Waals surface area contributed by atoms with E-state index in [0.29, 0.717) is 25.7 Å². The summed E-state index contributed by atoms with van der Waals surface area (Å²) in [5.74, 6) is -0.619. The molecule has 0 aromatic heterocycles. The van der Waals surface area contributed by atoms with Crippen LogP contribution in [0.3, 0.4) is 0 Å². The molecule has 1 spiro atoms. The minimum absolute atomic E-state index is 0.0158. The summed E-state index contributed by atoms with van der Waals surface area (Å²) in [5, 5.41) is 10.5. The maximum atomic E-state index is 14.1. The third-order valence-electron chi connectivity index (χ3n) is 14.0. The van der Waals surface area contributed by atoms with Crippen LogP contribution in [-0.4, -0.2) is 128 Å². The molecule has 12 nitrogen and oxygen atoms in total. The number of carbonyl (C=O) groups excluding carboxylic acids is 1. The van der Waals surface area contributed by atoms with E-state index in [1.54, 1.807) is 7.11 Å². The van der Waals surface area contributed by atoms with Crippen LogP contribution in [-0.2, 0) is 47.4 Å². The second-order valence-electron chi connectivity index (χ2n) is 17.4. The fourth-order valence-electron chi connectivity index (χ4n) is 11.3. The molecule has 0 saturated carbocycles. The molecule has 12 bridgehead atoms. The predicted octanol–water partition coefficient (Wildman–Crippen LogP) is 4.46. The summed E-state index contributed by atoms with van der Waals surface area (Å²) < 4.78 is 60.0. The molecule has 54 heavy (non-hydrogen) atoms. The largest absolute Gasteiger partial charge is 0.392 e. The number of Topliss-reactive ketones (excluding diaryl/α,β-unsaturated/α-hetero) is 1. The Morgan fingerprint density at radius 2 is 1.52 bits per heavy atom. The third-order valence-corrected chi connectivity index (χ3v) is 14.0. The summed E-state index contributed by atoms with van der Waals surface area (Å²) in [6.45, 7) is 15.3.